The standard InChI is InChI=1S/C19H20N4O2/c1-22-15(20-21-17(22)13-6-7-13)11-23-16(24)10-19(18(23)25)9-8-12-4-2-3-5-14(12)19/h2-5,13H,6-11H2,1H3/t19-/m1/s1. The Bertz CT molecular complexity index is 899. The molecule has 1 aromatic carbocycles. The molecule has 0 N–H and O–H groups in total. The van der Waals surface area contributed by atoms with Gasteiger partial charge in [0, 0.05) is 19.4 Å². The number of carbonyl (C=O) groups excluding carboxylic acids is 2. The number of hydrogen-bond acceptors (Lipinski definition) is 4. The fourth-order valence-electron chi connectivity index (χ4n) is 4.41. The second kappa shape index (κ2) is 5.00. The topological polar surface area (TPSA) is 68.1 Å². The molecule has 2 amide bonds. The van der Waals surface area contributed by atoms with Gasteiger partial charge in [0.1, 0.15) is 5.82 Å². The molecule has 1 saturated carbocycles. The molecule has 2 aliphatic carbocycles. The Morgan fingerprint density at radius 2 is 2.00 bits per heavy atom. The van der Waals surface area contributed by atoms with Gasteiger partial charge in [-0.25, -0.2) is 0 Å². The normalized spacial score (nSPS) is 25.2. The van der Waals surface area contributed by atoms with E-state index in [4.69, 9.17) is 0 Å². The Hall–Kier alpha value is -2.50. The molecular weight excluding hydrogens is 316 g/mol. The van der Waals surface area contributed by atoms with E-state index >= 15 is 0 Å². The summed E-state index contributed by atoms with van der Waals surface area (Å²) in [7, 11) is 1.93. The number of rotatable bonds is 3. The smallest absolute Gasteiger partial charge is 0.240 e. The van der Waals surface area contributed by atoms with Crippen LogP contribution in [0.4, 0.5) is 0 Å². The summed E-state index contributed by atoms with van der Waals surface area (Å²) in [6.07, 6.45) is 4.15. The Kier molecular flexibility index (Phi) is 2.96. The lowest BCUT2D eigenvalue weighted by Gasteiger charge is -2.22. The van der Waals surface area contributed by atoms with Crippen LogP contribution in [-0.2, 0) is 35.0 Å². The zero-order valence-electron chi connectivity index (χ0n) is 14.2. The first-order chi connectivity index (χ1) is 12.1. The summed E-state index contributed by atoms with van der Waals surface area (Å²) in [4.78, 5) is 27.3. The minimum atomic E-state index is -0.661. The highest BCUT2D eigenvalue weighted by Gasteiger charge is 2.55. The van der Waals surface area contributed by atoms with E-state index in [0.717, 1.165) is 37.1 Å². The van der Waals surface area contributed by atoms with E-state index < -0.39 is 5.41 Å². The molecule has 2 fully saturated rings. The third-order valence-electron chi connectivity index (χ3n) is 6.00. The molecule has 1 aliphatic heterocycles. The fraction of sp³-hybridized carbons (Fsp3) is 0.474. The maximum Gasteiger partial charge on any atom is 0.240 e. The molecule has 1 saturated heterocycles. The molecule has 2 aromatic rings. The van der Waals surface area contributed by atoms with E-state index in [1.54, 1.807) is 0 Å². The maximum absolute atomic E-state index is 13.2. The lowest BCUT2D eigenvalue weighted by molar-refractivity contribution is -0.140. The highest BCUT2D eigenvalue weighted by molar-refractivity contribution is 6.09. The van der Waals surface area contributed by atoms with E-state index in [2.05, 4.69) is 16.3 Å². The minimum absolute atomic E-state index is 0.0709. The predicted molar refractivity (Wildman–Crippen MR) is 89.6 cm³/mol. The van der Waals surface area contributed by atoms with Crippen molar-refractivity contribution in [1.29, 1.82) is 0 Å². The summed E-state index contributed by atoms with van der Waals surface area (Å²) < 4.78 is 1.95. The van der Waals surface area contributed by atoms with Crippen molar-refractivity contribution in [1.82, 2.24) is 19.7 Å². The molecule has 6 heteroatoms. The van der Waals surface area contributed by atoms with Crippen molar-refractivity contribution in [3.05, 3.63) is 47.0 Å². The van der Waals surface area contributed by atoms with Crippen molar-refractivity contribution in [2.24, 2.45) is 7.05 Å². The average molecular weight is 336 g/mol. The van der Waals surface area contributed by atoms with Crippen LogP contribution in [-0.4, -0.2) is 31.5 Å². The molecule has 6 nitrogen and oxygen atoms in total. The summed E-state index contributed by atoms with van der Waals surface area (Å²) >= 11 is 0. The maximum atomic E-state index is 13.2. The number of aryl methyl sites for hydroxylation is 1. The lowest BCUT2D eigenvalue weighted by atomic mass is 9.80. The number of carbonyl (C=O) groups is 2. The van der Waals surface area contributed by atoms with Crippen molar-refractivity contribution in [3.8, 4) is 0 Å². The number of imide groups is 1. The second-order valence-electron chi connectivity index (χ2n) is 7.51. The second-order valence-corrected chi connectivity index (χ2v) is 7.51. The molecule has 3 aliphatic rings. The van der Waals surface area contributed by atoms with Gasteiger partial charge in [0.25, 0.3) is 0 Å². The molecule has 0 bridgehead atoms. The average Bonchev–Trinajstić information content (AvgIpc) is 3.24. The zero-order chi connectivity index (χ0) is 17.2. The van der Waals surface area contributed by atoms with Crippen LogP contribution in [0.3, 0.4) is 0 Å². The van der Waals surface area contributed by atoms with Crippen LogP contribution in [0.2, 0.25) is 0 Å². The Morgan fingerprint density at radius 1 is 1.20 bits per heavy atom. The third-order valence-corrected chi connectivity index (χ3v) is 6.00. The van der Waals surface area contributed by atoms with Crippen molar-refractivity contribution >= 4 is 11.8 Å². The van der Waals surface area contributed by atoms with Gasteiger partial charge < -0.3 is 4.57 Å². The molecule has 25 heavy (non-hydrogen) atoms. The molecule has 1 aromatic heterocycles. The summed E-state index contributed by atoms with van der Waals surface area (Å²) in [5, 5.41) is 8.49. The summed E-state index contributed by atoms with van der Waals surface area (Å²) in [6, 6.07) is 8.02. The Balaban J connectivity index is 1.46. The number of benzene rings is 1. The van der Waals surface area contributed by atoms with Crippen LogP contribution in [0.1, 0.15) is 54.4 Å². The number of fused-ring (bicyclic) bond motifs is 2. The van der Waals surface area contributed by atoms with Crippen molar-refractivity contribution in [3.63, 3.8) is 0 Å². The van der Waals surface area contributed by atoms with Gasteiger partial charge in [-0.05, 0) is 36.8 Å². The first-order valence-corrected chi connectivity index (χ1v) is 8.91. The van der Waals surface area contributed by atoms with Crippen molar-refractivity contribution < 1.29 is 9.59 Å². The lowest BCUT2D eigenvalue weighted by Crippen LogP contribution is -2.37. The third kappa shape index (κ3) is 2.03. The first-order valence-electron chi connectivity index (χ1n) is 8.91. The Labute approximate surface area is 145 Å². The number of nitrogens with zero attached hydrogens (tertiary/aromatic N) is 4. The van der Waals surface area contributed by atoms with Gasteiger partial charge >= 0.3 is 0 Å². The molecule has 0 unspecified atom stereocenters. The predicted octanol–water partition coefficient (Wildman–Crippen LogP) is 1.84. The van der Waals surface area contributed by atoms with Crippen LogP contribution < -0.4 is 0 Å². The fourth-order valence-corrected chi connectivity index (χ4v) is 4.41. The van der Waals surface area contributed by atoms with Gasteiger partial charge in [0.05, 0.1) is 12.0 Å². The number of aromatic nitrogens is 3. The van der Waals surface area contributed by atoms with Crippen LogP contribution in [0.15, 0.2) is 24.3 Å². The van der Waals surface area contributed by atoms with E-state index in [1.165, 1.54) is 10.5 Å². The largest absolute Gasteiger partial charge is 0.316 e. The number of hydrogen-bond donors (Lipinski definition) is 0. The number of amides is 2. The summed E-state index contributed by atoms with van der Waals surface area (Å²) in [6.45, 7) is 0.220. The van der Waals surface area contributed by atoms with E-state index in [1.807, 2.05) is 29.8 Å². The molecular formula is C19H20N4O2. The van der Waals surface area contributed by atoms with Gasteiger partial charge in [-0.1, -0.05) is 24.3 Å². The van der Waals surface area contributed by atoms with Gasteiger partial charge in [0.2, 0.25) is 11.8 Å². The molecule has 5 rings (SSSR count). The van der Waals surface area contributed by atoms with Gasteiger partial charge in [0.15, 0.2) is 5.82 Å². The minimum Gasteiger partial charge on any atom is -0.316 e. The van der Waals surface area contributed by atoms with Crippen molar-refractivity contribution in [2.75, 3.05) is 0 Å². The highest BCUT2D eigenvalue weighted by atomic mass is 16.2. The van der Waals surface area contributed by atoms with E-state index in [0.29, 0.717) is 11.7 Å². The molecule has 2 heterocycles. The van der Waals surface area contributed by atoms with Gasteiger partial charge in [-0.2, -0.15) is 0 Å². The SMILES string of the molecule is Cn1c(CN2C(=O)C[C@@]3(CCc4ccccc43)C2=O)nnc1C1CC1. The van der Waals surface area contributed by atoms with Crippen molar-refractivity contribution in [2.45, 2.75) is 50.0 Å². The van der Waals surface area contributed by atoms with Crippen LogP contribution >= 0.6 is 0 Å². The van der Waals surface area contributed by atoms with Crippen LogP contribution in [0.25, 0.3) is 0 Å². The monoisotopic (exact) mass is 336 g/mol. The van der Waals surface area contributed by atoms with Gasteiger partial charge in [-0.15, -0.1) is 10.2 Å². The highest BCUT2D eigenvalue weighted by Crippen LogP contribution is 2.47. The van der Waals surface area contributed by atoms with E-state index in [9.17, 15) is 9.59 Å². The quantitative estimate of drug-likeness (QED) is 0.802. The molecule has 0 radical (unpaired) electrons. The summed E-state index contributed by atoms with van der Waals surface area (Å²) in [5.41, 5.74) is 1.57. The van der Waals surface area contributed by atoms with Gasteiger partial charge in [-0.3, -0.25) is 14.5 Å². The van der Waals surface area contributed by atoms with E-state index in [-0.39, 0.29) is 24.8 Å². The van der Waals surface area contributed by atoms with Crippen LogP contribution in [0, 0.1) is 0 Å². The van der Waals surface area contributed by atoms with Crippen LogP contribution in [0.5, 0.6) is 0 Å². The molecule has 1 spiro atoms. The zero-order valence-corrected chi connectivity index (χ0v) is 14.2. The molecule has 128 valence electrons. The molecule has 1 atom stereocenters. The first kappa shape index (κ1) is 14.8. The Morgan fingerprint density at radius 3 is 2.80 bits per heavy atom. The summed E-state index contributed by atoms with van der Waals surface area (Å²) in [5.74, 6) is 1.97. The number of likely N-dealkylation sites (tertiary alicyclic amines) is 1.